The van der Waals surface area contributed by atoms with Crippen LogP contribution in [0, 0.1) is 3.57 Å². The third-order valence-corrected chi connectivity index (χ3v) is 2.97. The van der Waals surface area contributed by atoms with Gasteiger partial charge in [-0.05, 0) is 46.9 Å². The minimum Gasteiger partial charge on any atom is -0.490 e. The SMILES string of the molecule is COc1c(NN)ncnc1Nc1ccc(I)cc1. The Morgan fingerprint density at radius 3 is 2.44 bits per heavy atom. The fourth-order valence-corrected chi connectivity index (χ4v) is 1.79. The number of halogens is 1. The second kappa shape index (κ2) is 5.83. The van der Waals surface area contributed by atoms with Crippen molar-refractivity contribution in [3.05, 3.63) is 34.2 Å². The molecular weight excluding hydrogens is 345 g/mol. The number of hydrazine groups is 1. The van der Waals surface area contributed by atoms with Crippen molar-refractivity contribution in [3.63, 3.8) is 0 Å². The number of nitrogens with two attached hydrogens (primary N) is 1. The first-order chi connectivity index (χ1) is 8.74. The lowest BCUT2D eigenvalue weighted by Crippen LogP contribution is -2.11. The molecule has 4 N–H and O–H groups in total. The molecule has 0 aliphatic carbocycles. The molecule has 18 heavy (non-hydrogen) atoms. The van der Waals surface area contributed by atoms with Gasteiger partial charge < -0.3 is 15.5 Å². The number of anilines is 3. The molecule has 0 aliphatic heterocycles. The van der Waals surface area contributed by atoms with Gasteiger partial charge in [0.2, 0.25) is 5.75 Å². The van der Waals surface area contributed by atoms with E-state index in [1.54, 1.807) is 7.11 Å². The van der Waals surface area contributed by atoms with Crippen LogP contribution in [0.4, 0.5) is 17.3 Å². The second-order valence-electron chi connectivity index (χ2n) is 3.38. The van der Waals surface area contributed by atoms with E-state index in [4.69, 9.17) is 10.6 Å². The van der Waals surface area contributed by atoms with Gasteiger partial charge in [0.15, 0.2) is 11.6 Å². The van der Waals surface area contributed by atoms with Crippen LogP contribution in [0.1, 0.15) is 0 Å². The first kappa shape index (κ1) is 12.8. The van der Waals surface area contributed by atoms with Gasteiger partial charge in [0.25, 0.3) is 0 Å². The number of hydrogen-bond donors (Lipinski definition) is 3. The van der Waals surface area contributed by atoms with Gasteiger partial charge in [-0.3, -0.25) is 0 Å². The minimum absolute atomic E-state index is 0.431. The summed E-state index contributed by atoms with van der Waals surface area (Å²) in [6.45, 7) is 0. The Balaban J connectivity index is 2.31. The first-order valence-corrected chi connectivity index (χ1v) is 6.20. The van der Waals surface area contributed by atoms with Gasteiger partial charge in [-0.1, -0.05) is 0 Å². The molecule has 0 unspecified atom stereocenters. The van der Waals surface area contributed by atoms with Crippen LogP contribution in [-0.2, 0) is 0 Å². The molecule has 0 atom stereocenters. The van der Waals surface area contributed by atoms with Crippen molar-refractivity contribution in [1.29, 1.82) is 0 Å². The number of hydrogen-bond acceptors (Lipinski definition) is 6. The number of aromatic nitrogens is 2. The van der Waals surface area contributed by atoms with Crippen molar-refractivity contribution in [1.82, 2.24) is 9.97 Å². The van der Waals surface area contributed by atoms with Gasteiger partial charge >= 0.3 is 0 Å². The van der Waals surface area contributed by atoms with E-state index in [0.717, 1.165) is 9.26 Å². The van der Waals surface area contributed by atoms with Gasteiger partial charge in [0, 0.05) is 9.26 Å². The number of methoxy groups -OCH3 is 1. The first-order valence-electron chi connectivity index (χ1n) is 5.13. The molecule has 0 amide bonds. The molecule has 0 radical (unpaired) electrons. The van der Waals surface area contributed by atoms with E-state index in [2.05, 4.69) is 43.3 Å². The molecule has 1 heterocycles. The largest absolute Gasteiger partial charge is 0.490 e. The Kier molecular flexibility index (Phi) is 4.15. The van der Waals surface area contributed by atoms with Gasteiger partial charge in [0.05, 0.1) is 7.11 Å². The number of nitrogens with one attached hydrogen (secondary N) is 2. The highest BCUT2D eigenvalue weighted by molar-refractivity contribution is 14.1. The van der Waals surface area contributed by atoms with Crippen molar-refractivity contribution < 1.29 is 4.74 Å². The van der Waals surface area contributed by atoms with Crippen molar-refractivity contribution in [2.75, 3.05) is 17.9 Å². The zero-order chi connectivity index (χ0) is 13.0. The quantitative estimate of drug-likeness (QED) is 0.442. The zero-order valence-electron chi connectivity index (χ0n) is 9.64. The summed E-state index contributed by atoms with van der Waals surface area (Å²) in [6.07, 6.45) is 1.41. The smallest absolute Gasteiger partial charge is 0.205 e. The molecule has 2 rings (SSSR count). The molecular formula is C11H12IN5O. The van der Waals surface area contributed by atoms with E-state index >= 15 is 0 Å². The number of nitrogen functional groups attached to an aromatic ring is 1. The number of benzene rings is 1. The van der Waals surface area contributed by atoms with E-state index in [-0.39, 0.29) is 0 Å². The Hall–Kier alpha value is -1.61. The predicted octanol–water partition coefficient (Wildman–Crippen LogP) is 2.12. The minimum atomic E-state index is 0.431. The predicted molar refractivity (Wildman–Crippen MR) is 78.8 cm³/mol. The van der Waals surface area contributed by atoms with Crippen LogP contribution in [-0.4, -0.2) is 17.1 Å². The third-order valence-electron chi connectivity index (χ3n) is 2.25. The molecule has 0 fully saturated rings. The Bertz CT molecular complexity index is 531. The fourth-order valence-electron chi connectivity index (χ4n) is 1.43. The van der Waals surface area contributed by atoms with Crippen LogP contribution < -0.4 is 21.3 Å². The zero-order valence-corrected chi connectivity index (χ0v) is 11.8. The highest BCUT2D eigenvalue weighted by Crippen LogP contribution is 2.30. The maximum Gasteiger partial charge on any atom is 0.205 e. The summed E-state index contributed by atoms with van der Waals surface area (Å²) in [5.41, 5.74) is 3.38. The van der Waals surface area contributed by atoms with Crippen molar-refractivity contribution >= 4 is 39.9 Å². The summed E-state index contributed by atoms with van der Waals surface area (Å²) in [5.74, 6) is 6.82. The lowest BCUT2D eigenvalue weighted by molar-refractivity contribution is 0.415. The van der Waals surface area contributed by atoms with Crippen LogP contribution in [0.25, 0.3) is 0 Å². The Morgan fingerprint density at radius 1 is 1.17 bits per heavy atom. The van der Waals surface area contributed by atoms with Crippen LogP contribution in [0.15, 0.2) is 30.6 Å². The molecule has 2 aromatic rings. The Labute approximate surface area is 118 Å². The summed E-state index contributed by atoms with van der Waals surface area (Å²) in [5, 5.41) is 3.15. The second-order valence-corrected chi connectivity index (χ2v) is 4.63. The summed E-state index contributed by atoms with van der Waals surface area (Å²) < 4.78 is 6.40. The molecule has 1 aromatic carbocycles. The molecule has 6 nitrogen and oxygen atoms in total. The summed E-state index contributed by atoms with van der Waals surface area (Å²) in [4.78, 5) is 8.10. The van der Waals surface area contributed by atoms with Crippen molar-refractivity contribution in [2.45, 2.75) is 0 Å². The topological polar surface area (TPSA) is 85.1 Å². The molecule has 1 aromatic heterocycles. The molecule has 7 heteroatoms. The van der Waals surface area contributed by atoms with E-state index in [1.807, 2.05) is 24.3 Å². The fraction of sp³-hybridized carbons (Fsp3) is 0.0909. The number of nitrogens with zero attached hydrogens (tertiary/aromatic N) is 2. The summed E-state index contributed by atoms with van der Waals surface area (Å²) in [7, 11) is 1.54. The number of ether oxygens (including phenoxy) is 1. The van der Waals surface area contributed by atoms with Gasteiger partial charge in [-0.2, -0.15) is 0 Å². The normalized spacial score (nSPS) is 9.94. The molecule has 0 aliphatic rings. The molecule has 94 valence electrons. The van der Waals surface area contributed by atoms with Crippen LogP contribution in [0.5, 0.6) is 5.75 Å². The molecule has 0 spiro atoms. The monoisotopic (exact) mass is 357 g/mol. The van der Waals surface area contributed by atoms with E-state index in [0.29, 0.717) is 17.4 Å². The summed E-state index contributed by atoms with van der Waals surface area (Å²) in [6, 6.07) is 7.91. The van der Waals surface area contributed by atoms with Crippen LogP contribution in [0.3, 0.4) is 0 Å². The average molecular weight is 357 g/mol. The highest BCUT2D eigenvalue weighted by atomic mass is 127. The van der Waals surface area contributed by atoms with Crippen molar-refractivity contribution in [3.8, 4) is 5.75 Å². The lowest BCUT2D eigenvalue weighted by Gasteiger charge is -2.12. The molecule has 0 bridgehead atoms. The van der Waals surface area contributed by atoms with Crippen LogP contribution >= 0.6 is 22.6 Å². The van der Waals surface area contributed by atoms with Gasteiger partial charge in [-0.25, -0.2) is 15.8 Å². The van der Waals surface area contributed by atoms with E-state index in [1.165, 1.54) is 6.33 Å². The lowest BCUT2D eigenvalue weighted by atomic mass is 10.3. The van der Waals surface area contributed by atoms with Crippen LogP contribution in [0.2, 0.25) is 0 Å². The Morgan fingerprint density at radius 2 is 1.83 bits per heavy atom. The molecule has 0 saturated carbocycles. The standard InChI is InChI=1S/C11H12IN5O/c1-18-9-10(14-6-15-11(9)17-13)16-8-4-2-7(12)3-5-8/h2-6H,13H2,1H3,(H2,14,15,16,17). The maximum absolute atomic E-state index is 5.36. The van der Waals surface area contributed by atoms with Gasteiger partial charge in [-0.15, -0.1) is 0 Å². The third kappa shape index (κ3) is 2.79. The number of rotatable bonds is 4. The van der Waals surface area contributed by atoms with Gasteiger partial charge in [0.1, 0.15) is 6.33 Å². The highest BCUT2D eigenvalue weighted by Gasteiger charge is 2.11. The summed E-state index contributed by atoms with van der Waals surface area (Å²) >= 11 is 2.25. The van der Waals surface area contributed by atoms with E-state index < -0.39 is 0 Å². The maximum atomic E-state index is 5.36. The van der Waals surface area contributed by atoms with Crippen molar-refractivity contribution in [2.24, 2.45) is 5.84 Å². The van der Waals surface area contributed by atoms with E-state index in [9.17, 15) is 0 Å². The molecule has 0 saturated heterocycles. The average Bonchev–Trinajstić information content (AvgIpc) is 2.41.